The van der Waals surface area contributed by atoms with Crippen molar-refractivity contribution in [3.05, 3.63) is 34.5 Å². The largest absolute Gasteiger partial charge is 0.478 e. The average Bonchev–Trinajstić information content (AvgIpc) is 2.63. The van der Waals surface area contributed by atoms with Crippen molar-refractivity contribution in [2.45, 2.75) is 23.2 Å². The zero-order valence-electron chi connectivity index (χ0n) is 9.30. The SMILES string of the molecule is Cc1cc(C(=O)O)cc(Sc2nc(C)cs2)n1. The van der Waals surface area contributed by atoms with Crippen molar-refractivity contribution >= 4 is 29.1 Å². The van der Waals surface area contributed by atoms with E-state index in [1.165, 1.54) is 23.1 Å². The van der Waals surface area contributed by atoms with Crippen LogP contribution in [0.3, 0.4) is 0 Å². The quantitative estimate of drug-likeness (QED) is 0.925. The summed E-state index contributed by atoms with van der Waals surface area (Å²) in [5.74, 6) is -0.937. The minimum Gasteiger partial charge on any atom is -0.478 e. The summed E-state index contributed by atoms with van der Waals surface area (Å²) >= 11 is 2.92. The van der Waals surface area contributed by atoms with Crippen LogP contribution in [0.2, 0.25) is 0 Å². The van der Waals surface area contributed by atoms with Gasteiger partial charge in [0.1, 0.15) is 5.03 Å². The summed E-state index contributed by atoms with van der Waals surface area (Å²) in [6.07, 6.45) is 0. The van der Waals surface area contributed by atoms with Crippen molar-refractivity contribution in [2.75, 3.05) is 0 Å². The minimum atomic E-state index is -0.937. The number of thiazole rings is 1. The molecule has 0 spiro atoms. The molecule has 0 aliphatic carbocycles. The van der Waals surface area contributed by atoms with Gasteiger partial charge in [-0.3, -0.25) is 0 Å². The van der Waals surface area contributed by atoms with Gasteiger partial charge in [-0.25, -0.2) is 14.8 Å². The summed E-state index contributed by atoms with van der Waals surface area (Å²) in [5.41, 5.74) is 1.91. The standard InChI is InChI=1S/C11H10N2O2S2/c1-6-3-8(10(14)15)4-9(12-6)17-11-13-7(2)5-16-11/h3-5H,1-2H3,(H,14,15). The first-order valence-electron chi connectivity index (χ1n) is 4.86. The molecule has 0 fully saturated rings. The van der Waals surface area contributed by atoms with E-state index in [0.29, 0.717) is 10.7 Å². The molecule has 2 rings (SSSR count). The summed E-state index contributed by atoms with van der Waals surface area (Å²) in [4.78, 5) is 19.5. The molecule has 2 aromatic heterocycles. The zero-order valence-corrected chi connectivity index (χ0v) is 10.9. The number of carbonyl (C=O) groups is 1. The second-order valence-electron chi connectivity index (χ2n) is 3.50. The smallest absolute Gasteiger partial charge is 0.335 e. The topological polar surface area (TPSA) is 63.1 Å². The van der Waals surface area contributed by atoms with E-state index in [4.69, 9.17) is 5.11 Å². The van der Waals surface area contributed by atoms with E-state index >= 15 is 0 Å². The third-order valence-corrected chi connectivity index (χ3v) is 3.94. The molecule has 0 radical (unpaired) electrons. The Morgan fingerprint density at radius 3 is 2.65 bits per heavy atom. The summed E-state index contributed by atoms with van der Waals surface area (Å²) in [5, 5.41) is 11.6. The highest BCUT2D eigenvalue weighted by atomic mass is 32.2. The van der Waals surface area contributed by atoms with Crippen LogP contribution in [0.15, 0.2) is 26.9 Å². The summed E-state index contributed by atoms with van der Waals surface area (Å²) in [7, 11) is 0. The van der Waals surface area contributed by atoms with Crippen molar-refractivity contribution in [1.29, 1.82) is 0 Å². The van der Waals surface area contributed by atoms with E-state index in [2.05, 4.69) is 9.97 Å². The molecule has 1 N–H and O–H groups in total. The Morgan fingerprint density at radius 2 is 2.06 bits per heavy atom. The molecular formula is C11H10N2O2S2. The Hall–Kier alpha value is -1.40. The van der Waals surface area contributed by atoms with E-state index in [1.807, 2.05) is 12.3 Å². The number of hydrogen-bond acceptors (Lipinski definition) is 5. The fourth-order valence-electron chi connectivity index (χ4n) is 1.28. The summed E-state index contributed by atoms with van der Waals surface area (Å²) in [6.45, 7) is 3.70. The number of nitrogens with zero attached hydrogens (tertiary/aromatic N) is 2. The van der Waals surface area contributed by atoms with Gasteiger partial charge in [0.15, 0.2) is 4.34 Å². The van der Waals surface area contributed by atoms with Gasteiger partial charge in [0.25, 0.3) is 0 Å². The lowest BCUT2D eigenvalue weighted by Gasteiger charge is -2.01. The first-order valence-corrected chi connectivity index (χ1v) is 6.56. The molecule has 0 saturated carbocycles. The number of carboxylic acids is 1. The van der Waals surface area contributed by atoms with Gasteiger partial charge in [-0.1, -0.05) is 0 Å². The molecule has 17 heavy (non-hydrogen) atoms. The van der Waals surface area contributed by atoms with Gasteiger partial charge in [0, 0.05) is 16.8 Å². The number of pyridine rings is 1. The summed E-state index contributed by atoms with van der Waals surface area (Å²) < 4.78 is 0.872. The van der Waals surface area contributed by atoms with Gasteiger partial charge in [0.05, 0.1) is 5.56 Å². The molecule has 0 aliphatic heterocycles. The highest BCUT2D eigenvalue weighted by Crippen LogP contribution is 2.29. The lowest BCUT2D eigenvalue weighted by atomic mass is 10.2. The van der Waals surface area contributed by atoms with Crippen molar-refractivity contribution < 1.29 is 9.90 Å². The maximum absolute atomic E-state index is 10.9. The third kappa shape index (κ3) is 3.04. The van der Waals surface area contributed by atoms with Crippen molar-refractivity contribution in [3.8, 4) is 0 Å². The Balaban J connectivity index is 2.29. The van der Waals surface area contributed by atoms with Crippen LogP contribution < -0.4 is 0 Å². The van der Waals surface area contributed by atoms with Gasteiger partial charge in [-0.2, -0.15) is 0 Å². The molecule has 2 heterocycles. The molecule has 2 aromatic rings. The fourth-order valence-corrected chi connectivity index (χ4v) is 3.14. The Bertz CT molecular complexity index is 566. The molecule has 0 aromatic carbocycles. The second kappa shape index (κ2) is 4.85. The number of aromatic nitrogens is 2. The minimum absolute atomic E-state index is 0.258. The van der Waals surface area contributed by atoms with Crippen LogP contribution in [-0.2, 0) is 0 Å². The first kappa shape index (κ1) is 12.1. The van der Waals surface area contributed by atoms with Gasteiger partial charge in [-0.05, 0) is 37.7 Å². The molecule has 0 atom stereocenters. The zero-order chi connectivity index (χ0) is 12.4. The number of rotatable bonds is 3. The van der Waals surface area contributed by atoms with Crippen LogP contribution in [0.4, 0.5) is 0 Å². The van der Waals surface area contributed by atoms with Gasteiger partial charge in [0.2, 0.25) is 0 Å². The van der Waals surface area contributed by atoms with Crippen LogP contribution in [0, 0.1) is 13.8 Å². The maximum Gasteiger partial charge on any atom is 0.335 e. The Kier molecular flexibility index (Phi) is 3.44. The monoisotopic (exact) mass is 266 g/mol. The predicted molar refractivity (Wildman–Crippen MR) is 66.9 cm³/mol. The second-order valence-corrected chi connectivity index (χ2v) is 5.62. The lowest BCUT2D eigenvalue weighted by molar-refractivity contribution is 0.0696. The van der Waals surface area contributed by atoms with Crippen LogP contribution in [0.25, 0.3) is 0 Å². The highest BCUT2D eigenvalue weighted by molar-refractivity contribution is 8.01. The van der Waals surface area contributed by atoms with E-state index < -0.39 is 5.97 Å². The average molecular weight is 266 g/mol. The van der Waals surface area contributed by atoms with E-state index in [-0.39, 0.29) is 5.56 Å². The molecular weight excluding hydrogens is 256 g/mol. The Labute approximate surface area is 107 Å². The van der Waals surface area contributed by atoms with Crippen molar-refractivity contribution in [1.82, 2.24) is 9.97 Å². The molecule has 0 saturated heterocycles. The van der Waals surface area contributed by atoms with Crippen LogP contribution in [-0.4, -0.2) is 21.0 Å². The van der Waals surface area contributed by atoms with Gasteiger partial charge >= 0.3 is 5.97 Å². The van der Waals surface area contributed by atoms with E-state index in [1.54, 1.807) is 19.1 Å². The molecule has 4 nitrogen and oxygen atoms in total. The predicted octanol–water partition coefficient (Wildman–Crippen LogP) is 3.00. The summed E-state index contributed by atoms with van der Waals surface area (Å²) in [6, 6.07) is 3.12. The number of hydrogen-bond donors (Lipinski definition) is 1. The molecule has 6 heteroatoms. The van der Waals surface area contributed by atoms with E-state index in [9.17, 15) is 4.79 Å². The third-order valence-electron chi connectivity index (χ3n) is 1.97. The van der Waals surface area contributed by atoms with Crippen molar-refractivity contribution in [2.24, 2.45) is 0 Å². The molecule has 0 amide bonds. The lowest BCUT2D eigenvalue weighted by Crippen LogP contribution is -1.98. The maximum atomic E-state index is 10.9. The number of aryl methyl sites for hydroxylation is 2. The van der Waals surface area contributed by atoms with E-state index in [0.717, 1.165) is 10.0 Å². The van der Waals surface area contributed by atoms with Crippen LogP contribution in [0.1, 0.15) is 21.7 Å². The molecule has 0 unspecified atom stereocenters. The van der Waals surface area contributed by atoms with Gasteiger partial charge in [-0.15, -0.1) is 11.3 Å². The Morgan fingerprint density at radius 1 is 1.29 bits per heavy atom. The molecule has 88 valence electrons. The van der Waals surface area contributed by atoms with Gasteiger partial charge < -0.3 is 5.11 Å². The molecule has 0 aliphatic rings. The number of aromatic carboxylic acids is 1. The van der Waals surface area contributed by atoms with Crippen LogP contribution >= 0.6 is 23.1 Å². The number of carboxylic acid groups (broad SMARTS) is 1. The first-order chi connectivity index (χ1) is 8.04. The van der Waals surface area contributed by atoms with Crippen molar-refractivity contribution in [3.63, 3.8) is 0 Å². The highest BCUT2D eigenvalue weighted by Gasteiger charge is 2.09. The van der Waals surface area contributed by atoms with Crippen LogP contribution in [0.5, 0.6) is 0 Å². The fraction of sp³-hybridized carbons (Fsp3) is 0.182. The molecule has 0 bridgehead atoms. The normalized spacial score (nSPS) is 10.5.